The van der Waals surface area contributed by atoms with Crippen LogP contribution in [-0.4, -0.2) is 5.91 Å². The molecule has 1 amide bonds. The van der Waals surface area contributed by atoms with E-state index in [0.29, 0.717) is 18.0 Å². The summed E-state index contributed by atoms with van der Waals surface area (Å²) in [4.78, 5) is 11.7. The third-order valence-corrected chi connectivity index (χ3v) is 3.22. The van der Waals surface area contributed by atoms with Crippen LogP contribution in [0.2, 0.25) is 0 Å². The van der Waals surface area contributed by atoms with Gasteiger partial charge in [0.2, 0.25) is 5.91 Å². The number of nitrogens with one attached hydrogen (secondary N) is 1. The third-order valence-electron chi connectivity index (χ3n) is 3.22. The highest BCUT2D eigenvalue weighted by Gasteiger charge is 2.18. The SMILES string of the molecule is Nc1ccc(NC(=O)CC2CCCC2)c(F)c1. The highest BCUT2D eigenvalue weighted by Crippen LogP contribution is 2.28. The zero-order valence-corrected chi connectivity index (χ0v) is 9.71. The van der Waals surface area contributed by atoms with Gasteiger partial charge in [-0.2, -0.15) is 0 Å². The van der Waals surface area contributed by atoms with Crippen LogP contribution in [-0.2, 0) is 4.79 Å². The number of benzene rings is 1. The first-order chi connectivity index (χ1) is 8.15. The van der Waals surface area contributed by atoms with Gasteiger partial charge in [0.1, 0.15) is 5.82 Å². The van der Waals surface area contributed by atoms with Crippen molar-refractivity contribution < 1.29 is 9.18 Å². The minimum absolute atomic E-state index is 0.111. The molecular formula is C13H17FN2O. The molecule has 0 bridgehead atoms. The van der Waals surface area contributed by atoms with E-state index >= 15 is 0 Å². The average molecular weight is 236 g/mol. The molecule has 2 rings (SSSR count). The molecule has 0 radical (unpaired) electrons. The van der Waals surface area contributed by atoms with Gasteiger partial charge < -0.3 is 11.1 Å². The molecule has 1 aliphatic carbocycles. The summed E-state index contributed by atoms with van der Waals surface area (Å²) in [7, 11) is 0. The monoisotopic (exact) mass is 236 g/mol. The van der Waals surface area contributed by atoms with Crippen LogP contribution in [0, 0.1) is 11.7 Å². The van der Waals surface area contributed by atoms with E-state index in [4.69, 9.17) is 5.73 Å². The maximum absolute atomic E-state index is 13.4. The van der Waals surface area contributed by atoms with Gasteiger partial charge in [0.25, 0.3) is 0 Å². The number of amides is 1. The maximum Gasteiger partial charge on any atom is 0.224 e. The van der Waals surface area contributed by atoms with Gasteiger partial charge in [0.15, 0.2) is 0 Å². The van der Waals surface area contributed by atoms with E-state index in [1.807, 2.05) is 0 Å². The maximum atomic E-state index is 13.4. The van der Waals surface area contributed by atoms with Crippen LogP contribution in [0.15, 0.2) is 18.2 Å². The minimum atomic E-state index is -0.482. The first kappa shape index (κ1) is 11.9. The van der Waals surface area contributed by atoms with Crippen molar-refractivity contribution in [3.63, 3.8) is 0 Å². The molecule has 17 heavy (non-hydrogen) atoms. The van der Waals surface area contributed by atoms with Crippen LogP contribution in [0.5, 0.6) is 0 Å². The number of carbonyl (C=O) groups excluding carboxylic acids is 1. The summed E-state index contributed by atoms with van der Waals surface area (Å²) in [6.07, 6.45) is 5.11. The van der Waals surface area contributed by atoms with Gasteiger partial charge in [-0.1, -0.05) is 12.8 Å². The second kappa shape index (κ2) is 5.17. The van der Waals surface area contributed by atoms with E-state index in [0.717, 1.165) is 12.8 Å². The van der Waals surface area contributed by atoms with Gasteiger partial charge in [0, 0.05) is 12.1 Å². The number of hydrogen-bond donors (Lipinski definition) is 2. The van der Waals surface area contributed by atoms with Crippen LogP contribution in [0.1, 0.15) is 32.1 Å². The molecular weight excluding hydrogens is 219 g/mol. The van der Waals surface area contributed by atoms with Crippen LogP contribution < -0.4 is 11.1 Å². The van der Waals surface area contributed by atoms with Crippen molar-refractivity contribution >= 4 is 17.3 Å². The Morgan fingerprint density at radius 2 is 2.12 bits per heavy atom. The highest BCUT2D eigenvalue weighted by atomic mass is 19.1. The van der Waals surface area contributed by atoms with Crippen LogP contribution in [0.3, 0.4) is 0 Å². The fourth-order valence-corrected chi connectivity index (χ4v) is 2.31. The lowest BCUT2D eigenvalue weighted by Crippen LogP contribution is -2.16. The van der Waals surface area contributed by atoms with Crippen molar-refractivity contribution in [1.82, 2.24) is 0 Å². The lowest BCUT2D eigenvalue weighted by molar-refractivity contribution is -0.117. The molecule has 1 aliphatic rings. The molecule has 0 aromatic heterocycles. The molecule has 1 aromatic rings. The molecule has 0 atom stereocenters. The molecule has 0 spiro atoms. The summed E-state index contributed by atoms with van der Waals surface area (Å²) in [5.41, 5.74) is 6.01. The van der Waals surface area contributed by atoms with Crippen molar-refractivity contribution in [2.75, 3.05) is 11.1 Å². The number of nitrogen functional groups attached to an aromatic ring is 1. The van der Waals surface area contributed by atoms with E-state index in [1.54, 1.807) is 6.07 Å². The second-order valence-corrected chi connectivity index (χ2v) is 4.64. The topological polar surface area (TPSA) is 55.1 Å². The fourth-order valence-electron chi connectivity index (χ4n) is 2.31. The Bertz CT molecular complexity index is 414. The fraction of sp³-hybridized carbons (Fsp3) is 0.462. The smallest absolute Gasteiger partial charge is 0.224 e. The van der Waals surface area contributed by atoms with Gasteiger partial charge in [-0.25, -0.2) is 4.39 Å². The van der Waals surface area contributed by atoms with Gasteiger partial charge in [-0.15, -0.1) is 0 Å². The number of hydrogen-bond acceptors (Lipinski definition) is 2. The summed E-state index contributed by atoms with van der Waals surface area (Å²) >= 11 is 0. The lowest BCUT2D eigenvalue weighted by Gasteiger charge is -2.10. The van der Waals surface area contributed by atoms with Crippen LogP contribution in [0.25, 0.3) is 0 Å². The molecule has 0 aliphatic heterocycles. The molecule has 1 fully saturated rings. The predicted octanol–water partition coefficient (Wildman–Crippen LogP) is 2.93. The van der Waals surface area contributed by atoms with Crippen LogP contribution in [0.4, 0.5) is 15.8 Å². The Morgan fingerprint density at radius 3 is 2.76 bits per heavy atom. The lowest BCUT2D eigenvalue weighted by atomic mass is 10.0. The number of halogens is 1. The summed E-state index contributed by atoms with van der Waals surface area (Å²) < 4.78 is 13.4. The number of anilines is 2. The van der Waals surface area contributed by atoms with Crippen molar-refractivity contribution in [1.29, 1.82) is 0 Å². The highest BCUT2D eigenvalue weighted by molar-refractivity contribution is 5.91. The second-order valence-electron chi connectivity index (χ2n) is 4.64. The van der Waals surface area contributed by atoms with Crippen molar-refractivity contribution in [2.45, 2.75) is 32.1 Å². The summed E-state index contributed by atoms with van der Waals surface area (Å²) in [6, 6.07) is 4.29. The van der Waals surface area contributed by atoms with Gasteiger partial charge in [-0.05, 0) is 37.0 Å². The van der Waals surface area contributed by atoms with Gasteiger partial charge in [-0.3, -0.25) is 4.79 Å². The average Bonchev–Trinajstić information content (AvgIpc) is 2.75. The Labute approximate surface area is 100 Å². The number of carbonyl (C=O) groups is 1. The first-order valence-electron chi connectivity index (χ1n) is 6.00. The molecule has 4 heteroatoms. The Balaban J connectivity index is 1.93. The molecule has 92 valence electrons. The number of nitrogens with two attached hydrogens (primary N) is 1. The van der Waals surface area contributed by atoms with E-state index in [1.165, 1.54) is 25.0 Å². The zero-order valence-electron chi connectivity index (χ0n) is 9.71. The molecule has 0 heterocycles. The quantitative estimate of drug-likeness (QED) is 0.793. The van der Waals surface area contributed by atoms with Crippen LogP contribution >= 0.6 is 0 Å². The molecule has 1 saturated carbocycles. The number of rotatable bonds is 3. The van der Waals surface area contributed by atoms with E-state index in [2.05, 4.69) is 5.32 Å². The van der Waals surface area contributed by atoms with E-state index < -0.39 is 5.82 Å². The Hall–Kier alpha value is -1.58. The normalized spacial score (nSPS) is 16.1. The zero-order chi connectivity index (χ0) is 12.3. The molecule has 0 saturated heterocycles. The standard InChI is InChI=1S/C13H17FN2O/c14-11-8-10(15)5-6-12(11)16-13(17)7-9-3-1-2-4-9/h5-6,8-9H,1-4,7,15H2,(H,16,17). The summed E-state index contributed by atoms with van der Waals surface area (Å²) in [5.74, 6) is -0.128. The Kier molecular flexibility index (Phi) is 3.61. The summed E-state index contributed by atoms with van der Waals surface area (Å²) in [6.45, 7) is 0. The van der Waals surface area contributed by atoms with Gasteiger partial charge in [0.05, 0.1) is 5.69 Å². The minimum Gasteiger partial charge on any atom is -0.399 e. The van der Waals surface area contributed by atoms with E-state index in [9.17, 15) is 9.18 Å². The van der Waals surface area contributed by atoms with Crippen molar-refractivity contribution in [3.05, 3.63) is 24.0 Å². The van der Waals surface area contributed by atoms with Crippen molar-refractivity contribution in [2.24, 2.45) is 5.92 Å². The Morgan fingerprint density at radius 1 is 1.41 bits per heavy atom. The molecule has 1 aromatic carbocycles. The first-order valence-corrected chi connectivity index (χ1v) is 6.00. The van der Waals surface area contributed by atoms with E-state index in [-0.39, 0.29) is 11.6 Å². The third kappa shape index (κ3) is 3.19. The summed E-state index contributed by atoms with van der Waals surface area (Å²) in [5, 5.41) is 2.59. The predicted molar refractivity (Wildman–Crippen MR) is 66.0 cm³/mol. The molecule has 3 N–H and O–H groups in total. The molecule has 3 nitrogen and oxygen atoms in total. The van der Waals surface area contributed by atoms with Crippen molar-refractivity contribution in [3.8, 4) is 0 Å². The molecule has 0 unspecified atom stereocenters. The van der Waals surface area contributed by atoms with Gasteiger partial charge >= 0.3 is 0 Å². The largest absolute Gasteiger partial charge is 0.399 e.